The Hall–Kier alpha value is -0.790. The Morgan fingerprint density at radius 3 is 2.48 bits per heavy atom. The number of aromatic nitrogens is 1. The third kappa shape index (κ3) is 4.34. The van der Waals surface area contributed by atoms with Gasteiger partial charge in [-0.2, -0.15) is 11.8 Å². The van der Waals surface area contributed by atoms with Crippen molar-refractivity contribution < 1.29 is 8.42 Å². The summed E-state index contributed by atoms with van der Waals surface area (Å²) in [5.74, 6) is 3.05. The molecule has 0 spiro atoms. The van der Waals surface area contributed by atoms with Gasteiger partial charge in [-0.3, -0.25) is 0 Å². The quantitative estimate of drug-likeness (QED) is 0.866. The van der Waals surface area contributed by atoms with Gasteiger partial charge in [-0.15, -0.1) is 0 Å². The topological polar surface area (TPSA) is 62.3 Å². The Balaban J connectivity index is 2.10. The average molecular weight is 329 g/mol. The number of anilines is 1. The first-order chi connectivity index (χ1) is 10.1. The summed E-state index contributed by atoms with van der Waals surface area (Å²) in [6.45, 7) is 5.89. The predicted molar refractivity (Wildman–Crippen MR) is 88.5 cm³/mol. The molecule has 118 valence electrons. The van der Waals surface area contributed by atoms with E-state index in [0.717, 1.165) is 43.3 Å². The molecular weight excluding hydrogens is 306 g/mol. The van der Waals surface area contributed by atoms with Gasteiger partial charge < -0.3 is 4.90 Å². The molecule has 1 saturated heterocycles. The summed E-state index contributed by atoms with van der Waals surface area (Å²) >= 11 is 1.94. The van der Waals surface area contributed by atoms with Gasteiger partial charge in [-0.1, -0.05) is 13.8 Å². The second-order valence-electron chi connectivity index (χ2n) is 5.09. The molecule has 1 fully saturated rings. The summed E-state index contributed by atoms with van der Waals surface area (Å²) in [6.07, 6.45) is 3.03. The van der Waals surface area contributed by atoms with Crippen LogP contribution in [-0.2, 0) is 10.0 Å². The lowest BCUT2D eigenvalue weighted by atomic mass is 10.2. The van der Waals surface area contributed by atoms with Crippen LogP contribution in [0.3, 0.4) is 0 Å². The van der Waals surface area contributed by atoms with E-state index < -0.39 is 10.0 Å². The fraction of sp³-hybridized carbons (Fsp3) is 0.643. The van der Waals surface area contributed by atoms with Gasteiger partial charge >= 0.3 is 0 Å². The van der Waals surface area contributed by atoms with Gasteiger partial charge in [0, 0.05) is 36.8 Å². The summed E-state index contributed by atoms with van der Waals surface area (Å²) in [4.78, 5) is 6.76. The van der Waals surface area contributed by atoms with Crippen molar-refractivity contribution in [1.82, 2.24) is 9.71 Å². The molecular formula is C14H23N3O2S2. The number of hydrogen-bond acceptors (Lipinski definition) is 5. The number of hydrogen-bond donors (Lipinski definition) is 1. The van der Waals surface area contributed by atoms with Crippen LogP contribution in [0.25, 0.3) is 0 Å². The van der Waals surface area contributed by atoms with Crippen LogP contribution in [0.2, 0.25) is 0 Å². The van der Waals surface area contributed by atoms with Gasteiger partial charge in [0.2, 0.25) is 10.0 Å². The number of rotatable bonds is 6. The van der Waals surface area contributed by atoms with Crippen LogP contribution >= 0.6 is 11.8 Å². The van der Waals surface area contributed by atoms with E-state index in [9.17, 15) is 8.42 Å². The molecule has 0 amide bonds. The molecule has 0 unspecified atom stereocenters. The number of nitrogens with zero attached hydrogens (tertiary/aromatic N) is 2. The minimum Gasteiger partial charge on any atom is -0.355 e. The number of nitrogens with one attached hydrogen (secondary N) is 1. The zero-order valence-electron chi connectivity index (χ0n) is 12.6. The first-order valence-corrected chi connectivity index (χ1v) is 10.0. The zero-order valence-corrected chi connectivity index (χ0v) is 14.2. The smallest absolute Gasteiger partial charge is 0.242 e. The van der Waals surface area contributed by atoms with Crippen molar-refractivity contribution in [2.45, 2.75) is 37.6 Å². The molecule has 1 aromatic rings. The highest BCUT2D eigenvalue weighted by atomic mass is 32.2. The Kier molecular flexibility index (Phi) is 5.89. The first kappa shape index (κ1) is 16.6. The summed E-state index contributed by atoms with van der Waals surface area (Å²) in [6, 6.07) is 3.43. The molecule has 7 heteroatoms. The second kappa shape index (κ2) is 7.47. The van der Waals surface area contributed by atoms with Crippen molar-refractivity contribution in [3.63, 3.8) is 0 Å². The van der Waals surface area contributed by atoms with Crippen LogP contribution in [0, 0.1) is 0 Å². The SMILES string of the molecule is CCC(CC)NS(=O)(=O)c1ccc(N2CCSCC2)nc1. The maximum atomic E-state index is 12.3. The third-order valence-electron chi connectivity index (χ3n) is 3.67. The molecule has 5 nitrogen and oxygen atoms in total. The van der Waals surface area contributed by atoms with Crippen molar-refractivity contribution in [1.29, 1.82) is 0 Å². The lowest BCUT2D eigenvalue weighted by Gasteiger charge is -2.27. The van der Waals surface area contributed by atoms with Crippen molar-refractivity contribution in [2.75, 3.05) is 29.5 Å². The predicted octanol–water partition coefficient (Wildman–Crippen LogP) is 2.10. The van der Waals surface area contributed by atoms with E-state index in [4.69, 9.17) is 0 Å². The van der Waals surface area contributed by atoms with Crippen LogP contribution in [-0.4, -0.2) is 44.0 Å². The van der Waals surface area contributed by atoms with Crippen molar-refractivity contribution in [3.05, 3.63) is 18.3 Å². The van der Waals surface area contributed by atoms with E-state index in [-0.39, 0.29) is 10.9 Å². The van der Waals surface area contributed by atoms with Gasteiger partial charge in [0.05, 0.1) is 0 Å². The van der Waals surface area contributed by atoms with Crippen LogP contribution in [0.1, 0.15) is 26.7 Å². The summed E-state index contributed by atoms with van der Waals surface area (Å²) < 4.78 is 27.3. The van der Waals surface area contributed by atoms with Crippen LogP contribution in [0.5, 0.6) is 0 Å². The molecule has 1 aromatic heterocycles. The summed E-state index contributed by atoms with van der Waals surface area (Å²) in [5, 5.41) is 0. The fourth-order valence-electron chi connectivity index (χ4n) is 2.25. The Morgan fingerprint density at radius 1 is 1.29 bits per heavy atom. The highest BCUT2D eigenvalue weighted by Gasteiger charge is 2.19. The van der Waals surface area contributed by atoms with Crippen LogP contribution in [0.4, 0.5) is 5.82 Å². The third-order valence-corrected chi connectivity index (χ3v) is 6.12. The second-order valence-corrected chi connectivity index (χ2v) is 8.02. The molecule has 2 rings (SSSR count). The minimum absolute atomic E-state index is 0.0196. The van der Waals surface area contributed by atoms with E-state index in [0.29, 0.717) is 0 Å². The van der Waals surface area contributed by atoms with Crippen molar-refractivity contribution in [2.24, 2.45) is 0 Å². The highest BCUT2D eigenvalue weighted by Crippen LogP contribution is 2.19. The van der Waals surface area contributed by atoms with Gasteiger partial charge in [0.25, 0.3) is 0 Å². The van der Waals surface area contributed by atoms with Gasteiger partial charge in [-0.05, 0) is 25.0 Å². The van der Waals surface area contributed by atoms with Crippen LogP contribution in [0.15, 0.2) is 23.2 Å². The van der Waals surface area contributed by atoms with Crippen LogP contribution < -0.4 is 9.62 Å². The maximum Gasteiger partial charge on any atom is 0.242 e. The van der Waals surface area contributed by atoms with Crippen molar-refractivity contribution in [3.8, 4) is 0 Å². The summed E-state index contributed by atoms with van der Waals surface area (Å²) in [7, 11) is -3.47. The molecule has 2 heterocycles. The minimum atomic E-state index is -3.47. The normalized spacial score (nSPS) is 16.4. The lowest BCUT2D eigenvalue weighted by Crippen LogP contribution is -2.34. The molecule has 0 atom stereocenters. The average Bonchev–Trinajstić information content (AvgIpc) is 2.53. The standard InChI is InChI=1S/C14H23N3O2S2/c1-3-12(4-2)16-21(18,19)13-5-6-14(15-11-13)17-7-9-20-10-8-17/h5-6,11-12,16H,3-4,7-10H2,1-2H3. The molecule has 0 aliphatic carbocycles. The van der Waals surface area contributed by atoms with Gasteiger partial charge in [0.15, 0.2) is 0 Å². The number of sulfonamides is 1. The molecule has 1 N–H and O–H groups in total. The molecule has 21 heavy (non-hydrogen) atoms. The van der Waals surface area contributed by atoms with E-state index in [1.807, 2.05) is 25.6 Å². The van der Waals surface area contributed by atoms with E-state index >= 15 is 0 Å². The largest absolute Gasteiger partial charge is 0.355 e. The Labute approximate surface area is 131 Å². The summed E-state index contributed by atoms with van der Waals surface area (Å²) in [5.41, 5.74) is 0. The molecule has 1 aliphatic heterocycles. The van der Waals surface area contributed by atoms with Gasteiger partial charge in [-0.25, -0.2) is 18.1 Å². The molecule has 0 aromatic carbocycles. The van der Waals surface area contributed by atoms with E-state index in [1.54, 1.807) is 12.1 Å². The highest BCUT2D eigenvalue weighted by molar-refractivity contribution is 7.99. The zero-order chi connectivity index (χ0) is 15.3. The van der Waals surface area contributed by atoms with Crippen molar-refractivity contribution >= 4 is 27.6 Å². The molecule has 0 saturated carbocycles. The number of thioether (sulfide) groups is 1. The Morgan fingerprint density at radius 2 is 1.95 bits per heavy atom. The lowest BCUT2D eigenvalue weighted by molar-refractivity contribution is 0.530. The molecule has 1 aliphatic rings. The molecule has 0 bridgehead atoms. The van der Waals surface area contributed by atoms with Gasteiger partial charge in [0.1, 0.15) is 10.7 Å². The molecule has 0 radical (unpaired) electrons. The number of pyridine rings is 1. The van der Waals surface area contributed by atoms with E-state index in [2.05, 4.69) is 14.6 Å². The maximum absolute atomic E-state index is 12.3. The monoisotopic (exact) mass is 329 g/mol. The fourth-order valence-corrected chi connectivity index (χ4v) is 4.50. The van der Waals surface area contributed by atoms with E-state index in [1.165, 1.54) is 6.20 Å². The first-order valence-electron chi connectivity index (χ1n) is 7.38. The Bertz CT molecular complexity index is 536.